The maximum absolute atomic E-state index is 10.5. The van der Waals surface area contributed by atoms with Gasteiger partial charge in [0.05, 0.1) is 18.6 Å². The number of hydrogen-bond donors (Lipinski definition) is 2. The van der Waals surface area contributed by atoms with Crippen molar-refractivity contribution in [2.24, 2.45) is 11.8 Å². The molecule has 0 aromatic rings. The van der Waals surface area contributed by atoms with Gasteiger partial charge in [0.25, 0.3) is 0 Å². The average Bonchev–Trinajstić information content (AvgIpc) is 3.26. The number of nitrogens with zero attached hydrogens (tertiary/aromatic N) is 2. The quantitative estimate of drug-likeness (QED) is 0.0431. The Bertz CT molecular complexity index is 679. The van der Waals surface area contributed by atoms with Crippen molar-refractivity contribution in [1.29, 1.82) is 0 Å². The van der Waals surface area contributed by atoms with Crippen molar-refractivity contribution in [3.63, 3.8) is 0 Å². The number of thiol groups is 1. The molecule has 0 aromatic heterocycles. The van der Waals surface area contributed by atoms with Gasteiger partial charge in [-0.1, -0.05) is 91.5 Å². The zero-order chi connectivity index (χ0) is 31.9. The number of carbonyl (C=O) groups excluding carboxylic acids is 1. The highest BCUT2D eigenvalue weighted by Crippen LogP contribution is 2.23. The number of unbranched alkanes of at least 4 members (excludes halogenated alkanes) is 3. The summed E-state index contributed by atoms with van der Waals surface area (Å²) in [5.74, 6) is 2.26. The molecular weight excluding hydrogens is 536 g/mol. The van der Waals surface area contributed by atoms with E-state index in [0.29, 0.717) is 18.5 Å². The SMILES string of the molecule is C/C=C(\C)OCO/C=C/C=C/C1CC(C)N(CC=O)C1.CCCC(C)C.CCCCCN(C)CCCC.O=C(O)S. The summed E-state index contributed by atoms with van der Waals surface area (Å²) < 4.78 is 10.5. The second kappa shape index (κ2) is 32.7. The summed E-state index contributed by atoms with van der Waals surface area (Å²) in [6.07, 6.45) is 21.1. The third-order valence-electron chi connectivity index (χ3n) is 6.38. The molecule has 0 radical (unpaired) electrons. The fourth-order valence-electron chi connectivity index (χ4n) is 3.95. The molecule has 1 N–H and O–H groups in total. The smallest absolute Gasteiger partial charge is 0.361 e. The number of rotatable bonds is 17. The lowest BCUT2D eigenvalue weighted by Crippen LogP contribution is -2.28. The van der Waals surface area contributed by atoms with Crippen LogP contribution in [0.15, 0.2) is 36.3 Å². The summed E-state index contributed by atoms with van der Waals surface area (Å²) in [6.45, 7) is 21.5. The maximum atomic E-state index is 10.5. The van der Waals surface area contributed by atoms with Crippen molar-refractivity contribution in [1.82, 2.24) is 9.80 Å². The first-order valence-electron chi connectivity index (χ1n) is 15.5. The molecule has 242 valence electrons. The van der Waals surface area contributed by atoms with E-state index in [2.05, 4.69) is 77.1 Å². The van der Waals surface area contributed by atoms with Crippen LogP contribution in [0.1, 0.15) is 107 Å². The predicted molar refractivity (Wildman–Crippen MR) is 179 cm³/mol. The van der Waals surface area contributed by atoms with Gasteiger partial charge >= 0.3 is 5.30 Å². The first-order valence-corrected chi connectivity index (χ1v) is 15.9. The number of carboxylic acid groups (broad SMARTS) is 1. The van der Waals surface area contributed by atoms with Gasteiger partial charge in [-0.05, 0) is 84.2 Å². The lowest BCUT2D eigenvalue weighted by atomic mass is 10.1. The van der Waals surface area contributed by atoms with Gasteiger partial charge in [-0.15, -0.1) is 0 Å². The molecule has 2 atom stereocenters. The molecular formula is C33H64N2O5S. The molecule has 8 heteroatoms. The molecule has 7 nitrogen and oxygen atoms in total. The minimum absolute atomic E-state index is 0.230. The third-order valence-corrected chi connectivity index (χ3v) is 6.38. The van der Waals surface area contributed by atoms with Gasteiger partial charge in [0, 0.05) is 12.6 Å². The van der Waals surface area contributed by atoms with Crippen LogP contribution < -0.4 is 0 Å². The van der Waals surface area contributed by atoms with Gasteiger partial charge in [-0.25, -0.2) is 4.79 Å². The minimum Gasteiger partial charge on any atom is -0.473 e. The van der Waals surface area contributed by atoms with Gasteiger partial charge in [-0.2, -0.15) is 0 Å². The molecule has 1 aliphatic heterocycles. The zero-order valence-corrected chi connectivity index (χ0v) is 28.7. The van der Waals surface area contributed by atoms with Crippen LogP contribution in [0.5, 0.6) is 0 Å². The van der Waals surface area contributed by atoms with Crippen LogP contribution in [0.2, 0.25) is 0 Å². The summed E-state index contributed by atoms with van der Waals surface area (Å²) in [6, 6.07) is 0.479. The van der Waals surface area contributed by atoms with Crippen LogP contribution in [-0.4, -0.2) is 72.6 Å². The average molecular weight is 601 g/mol. The van der Waals surface area contributed by atoms with E-state index in [1.165, 1.54) is 58.0 Å². The monoisotopic (exact) mass is 600 g/mol. The van der Waals surface area contributed by atoms with E-state index in [1.807, 2.05) is 32.1 Å². The Morgan fingerprint density at radius 1 is 1.10 bits per heavy atom. The number of ether oxygens (including phenoxy) is 2. The van der Waals surface area contributed by atoms with Crippen LogP contribution in [0, 0.1) is 11.8 Å². The highest BCUT2D eigenvalue weighted by molar-refractivity contribution is 7.96. The molecule has 1 rings (SSSR count). The van der Waals surface area contributed by atoms with Crippen molar-refractivity contribution >= 4 is 24.2 Å². The van der Waals surface area contributed by atoms with E-state index >= 15 is 0 Å². The number of carbonyl (C=O) groups is 2. The van der Waals surface area contributed by atoms with E-state index < -0.39 is 5.30 Å². The number of allylic oxidation sites excluding steroid dienone is 4. The largest absolute Gasteiger partial charge is 0.473 e. The maximum Gasteiger partial charge on any atom is 0.361 e. The summed E-state index contributed by atoms with van der Waals surface area (Å²) >= 11 is 2.88. The van der Waals surface area contributed by atoms with Gasteiger partial charge < -0.3 is 24.3 Å². The molecule has 2 unspecified atom stereocenters. The molecule has 0 aromatic carbocycles. The highest BCUT2D eigenvalue weighted by Gasteiger charge is 2.26. The molecule has 0 bridgehead atoms. The van der Waals surface area contributed by atoms with E-state index in [-0.39, 0.29) is 6.79 Å². The summed E-state index contributed by atoms with van der Waals surface area (Å²) in [5, 5.41) is 6.14. The molecule has 1 heterocycles. The van der Waals surface area contributed by atoms with Gasteiger partial charge in [0.15, 0.2) is 0 Å². The van der Waals surface area contributed by atoms with Crippen LogP contribution >= 0.6 is 12.6 Å². The molecule has 0 amide bonds. The second-order valence-corrected chi connectivity index (χ2v) is 11.2. The number of hydrogen-bond acceptors (Lipinski definition) is 6. The highest BCUT2D eigenvalue weighted by atomic mass is 32.1. The van der Waals surface area contributed by atoms with Crippen molar-refractivity contribution in [2.75, 3.05) is 40.0 Å². The number of likely N-dealkylation sites (tertiary alicyclic amines) is 1. The summed E-state index contributed by atoms with van der Waals surface area (Å²) in [7, 11) is 2.23. The minimum atomic E-state index is -1.14. The van der Waals surface area contributed by atoms with Crippen molar-refractivity contribution in [3.05, 3.63) is 36.3 Å². The van der Waals surface area contributed by atoms with Crippen LogP contribution in [0.3, 0.4) is 0 Å². The lowest BCUT2D eigenvalue weighted by Gasteiger charge is -2.16. The van der Waals surface area contributed by atoms with E-state index in [4.69, 9.17) is 19.4 Å². The first kappa shape index (κ1) is 43.7. The Morgan fingerprint density at radius 2 is 1.71 bits per heavy atom. The Labute approximate surface area is 258 Å². The topological polar surface area (TPSA) is 79.3 Å². The molecule has 1 aliphatic rings. The molecule has 1 saturated heterocycles. The van der Waals surface area contributed by atoms with E-state index in [9.17, 15) is 4.79 Å². The van der Waals surface area contributed by atoms with Crippen molar-refractivity contribution in [2.45, 2.75) is 113 Å². The normalized spacial score (nSPS) is 17.0. The Kier molecular flexibility index (Phi) is 34.9. The lowest BCUT2D eigenvalue weighted by molar-refractivity contribution is -0.109. The first-order chi connectivity index (χ1) is 19.5. The fraction of sp³-hybridized carbons (Fsp3) is 0.758. The Hall–Kier alpha value is -1.77. The van der Waals surface area contributed by atoms with Crippen molar-refractivity contribution < 1.29 is 24.2 Å². The summed E-state index contributed by atoms with van der Waals surface area (Å²) in [4.78, 5) is 24.1. The Balaban J connectivity index is -0.000000574. The molecule has 0 saturated carbocycles. The predicted octanol–water partition coefficient (Wildman–Crippen LogP) is 8.83. The summed E-state index contributed by atoms with van der Waals surface area (Å²) in [5.41, 5.74) is 0. The van der Waals surface area contributed by atoms with Crippen LogP contribution in [0.4, 0.5) is 4.79 Å². The van der Waals surface area contributed by atoms with Crippen molar-refractivity contribution in [3.8, 4) is 0 Å². The van der Waals surface area contributed by atoms with Gasteiger partial charge in [-0.3, -0.25) is 4.90 Å². The second-order valence-electron chi connectivity index (χ2n) is 10.8. The molecule has 0 spiro atoms. The van der Waals surface area contributed by atoms with Crippen LogP contribution in [0.25, 0.3) is 0 Å². The Morgan fingerprint density at radius 3 is 2.20 bits per heavy atom. The zero-order valence-electron chi connectivity index (χ0n) is 27.8. The third kappa shape index (κ3) is 36.2. The standard InChI is InChI=1S/C16H25NO3.C10H23N.C6H14.CH2O2S/c1-4-15(3)20-13-19-10-6-5-7-16-11-14(2)17(12-16)8-9-18;1-4-6-8-10-11(3)9-7-5-2;1-4-5-6(2)3;2-1(3)4/h4-7,9-10,14,16H,8,11-13H2,1-3H3;4-10H2,1-3H3;6H,4-5H2,1-3H3;4H,(H,2,3)/b7-5+,10-6+,15-4+;;;. The van der Waals surface area contributed by atoms with E-state index in [0.717, 1.165) is 30.9 Å². The van der Waals surface area contributed by atoms with Crippen LogP contribution in [-0.2, 0) is 14.3 Å². The molecule has 1 fully saturated rings. The van der Waals surface area contributed by atoms with Gasteiger partial charge in [0.2, 0.25) is 6.79 Å². The molecule has 0 aliphatic carbocycles. The fourth-order valence-corrected chi connectivity index (χ4v) is 3.95. The molecule has 41 heavy (non-hydrogen) atoms. The van der Waals surface area contributed by atoms with E-state index in [1.54, 1.807) is 6.26 Å². The van der Waals surface area contributed by atoms with Gasteiger partial charge in [0.1, 0.15) is 6.29 Å². The number of aldehydes is 1.